The molecule has 1 atom stereocenters. The van der Waals surface area contributed by atoms with E-state index in [2.05, 4.69) is 32.0 Å². The van der Waals surface area contributed by atoms with Crippen molar-refractivity contribution in [1.82, 2.24) is 19.7 Å². The van der Waals surface area contributed by atoms with Crippen LogP contribution in [0.15, 0.2) is 53.7 Å². The lowest BCUT2D eigenvalue weighted by molar-refractivity contribution is -0.383. The van der Waals surface area contributed by atoms with Crippen molar-refractivity contribution in [3.63, 3.8) is 0 Å². The van der Waals surface area contributed by atoms with Crippen molar-refractivity contribution in [3.05, 3.63) is 58.6 Å². The fourth-order valence-corrected chi connectivity index (χ4v) is 4.08. The maximum Gasteiger partial charge on any atom is 0.292 e. The molecule has 2 aromatic heterocycles. The number of nitrogens with one attached hydrogen (secondary N) is 1. The second-order valence-corrected chi connectivity index (χ2v) is 8.27. The third-order valence-corrected chi connectivity index (χ3v) is 5.76. The van der Waals surface area contributed by atoms with Gasteiger partial charge in [0.05, 0.1) is 15.7 Å². The molecular formula is C21H20N6O3S. The second kappa shape index (κ2) is 8.68. The Hall–Kier alpha value is -3.53. The van der Waals surface area contributed by atoms with E-state index < -0.39 is 10.2 Å². The fourth-order valence-electron chi connectivity index (χ4n) is 3.37. The lowest BCUT2D eigenvalue weighted by Crippen LogP contribution is -2.23. The quantitative estimate of drug-likeness (QED) is 0.259. The predicted octanol–water partition coefficient (Wildman–Crippen LogP) is 4.42. The standard InChI is InChI=1S/C21H20N6O3S/c1-3-12-26-16-10-6-4-8-14(16)18-19(26)23-21(25-24-18)31-13(2)20(28)22-15-9-5-7-11-17(15)27(29)30/h4-11,13H,3,12H2,1-2H3,(H,22,28). The van der Waals surface area contributed by atoms with Crippen molar-refractivity contribution in [2.75, 3.05) is 5.32 Å². The number of aromatic nitrogens is 4. The van der Waals surface area contributed by atoms with Crippen LogP contribution in [0.2, 0.25) is 0 Å². The van der Waals surface area contributed by atoms with Crippen molar-refractivity contribution < 1.29 is 9.72 Å². The molecule has 2 heterocycles. The Balaban J connectivity index is 1.60. The van der Waals surface area contributed by atoms with E-state index in [-0.39, 0.29) is 17.3 Å². The van der Waals surface area contributed by atoms with Crippen LogP contribution in [0, 0.1) is 10.1 Å². The number of benzene rings is 2. The molecule has 9 nitrogen and oxygen atoms in total. The Labute approximate surface area is 182 Å². The lowest BCUT2D eigenvalue weighted by atomic mass is 10.2. The van der Waals surface area contributed by atoms with Gasteiger partial charge in [-0.15, -0.1) is 10.2 Å². The van der Waals surface area contributed by atoms with E-state index in [0.29, 0.717) is 5.16 Å². The van der Waals surface area contributed by atoms with Crippen LogP contribution in [-0.4, -0.2) is 35.8 Å². The molecule has 0 aliphatic rings. The van der Waals surface area contributed by atoms with Crippen molar-refractivity contribution in [2.24, 2.45) is 0 Å². The molecule has 0 saturated carbocycles. The Morgan fingerprint density at radius 2 is 1.94 bits per heavy atom. The molecule has 4 aromatic rings. The van der Waals surface area contributed by atoms with Gasteiger partial charge in [-0.25, -0.2) is 4.98 Å². The van der Waals surface area contributed by atoms with Gasteiger partial charge in [-0.3, -0.25) is 14.9 Å². The topological polar surface area (TPSA) is 116 Å². The molecule has 0 aliphatic carbocycles. The van der Waals surface area contributed by atoms with E-state index in [1.165, 1.54) is 12.1 Å². The highest BCUT2D eigenvalue weighted by molar-refractivity contribution is 8.00. The van der Waals surface area contributed by atoms with Gasteiger partial charge in [0.2, 0.25) is 11.1 Å². The number of hydrogen-bond donors (Lipinski definition) is 1. The minimum Gasteiger partial charge on any atom is -0.324 e. The van der Waals surface area contributed by atoms with Crippen LogP contribution in [-0.2, 0) is 11.3 Å². The summed E-state index contributed by atoms with van der Waals surface area (Å²) in [6, 6.07) is 14.0. The summed E-state index contributed by atoms with van der Waals surface area (Å²) in [6.45, 7) is 4.59. The average Bonchev–Trinajstić information content (AvgIpc) is 3.07. The molecule has 2 aromatic carbocycles. The van der Waals surface area contributed by atoms with Crippen LogP contribution in [0.4, 0.5) is 11.4 Å². The Morgan fingerprint density at radius 3 is 2.71 bits per heavy atom. The van der Waals surface area contributed by atoms with Crippen molar-refractivity contribution in [2.45, 2.75) is 37.2 Å². The van der Waals surface area contributed by atoms with Gasteiger partial charge in [0.15, 0.2) is 5.65 Å². The highest BCUT2D eigenvalue weighted by atomic mass is 32.2. The van der Waals surface area contributed by atoms with Crippen molar-refractivity contribution >= 4 is 51.1 Å². The maximum absolute atomic E-state index is 12.6. The average molecular weight is 436 g/mol. The van der Waals surface area contributed by atoms with E-state index in [0.717, 1.165) is 46.8 Å². The third-order valence-electron chi connectivity index (χ3n) is 4.81. The van der Waals surface area contributed by atoms with Crippen LogP contribution < -0.4 is 5.32 Å². The number of para-hydroxylation sites is 3. The Kier molecular flexibility index (Phi) is 5.81. The normalized spacial score (nSPS) is 12.2. The number of nitrogens with zero attached hydrogens (tertiary/aromatic N) is 5. The SMILES string of the molecule is CCCn1c2ccccc2c2nnc(SC(C)C(=O)Nc3ccccc3[N+](=O)[O-])nc21. The molecule has 1 unspecified atom stereocenters. The third kappa shape index (κ3) is 4.06. The van der Waals surface area contributed by atoms with Gasteiger partial charge in [0.25, 0.3) is 5.69 Å². The van der Waals surface area contributed by atoms with Gasteiger partial charge in [-0.1, -0.05) is 49.0 Å². The van der Waals surface area contributed by atoms with Crippen molar-refractivity contribution in [1.29, 1.82) is 0 Å². The summed E-state index contributed by atoms with van der Waals surface area (Å²) in [4.78, 5) is 27.9. The minimum absolute atomic E-state index is 0.155. The molecule has 158 valence electrons. The number of fused-ring (bicyclic) bond motifs is 3. The second-order valence-electron chi connectivity index (χ2n) is 6.96. The van der Waals surface area contributed by atoms with Gasteiger partial charge in [0, 0.05) is 18.0 Å². The summed E-state index contributed by atoms with van der Waals surface area (Å²) < 4.78 is 2.11. The van der Waals surface area contributed by atoms with Gasteiger partial charge < -0.3 is 9.88 Å². The number of nitro groups is 1. The van der Waals surface area contributed by atoms with E-state index in [9.17, 15) is 14.9 Å². The Bertz CT molecular complexity index is 1290. The van der Waals surface area contributed by atoms with Crippen LogP contribution in [0.3, 0.4) is 0 Å². The van der Waals surface area contributed by atoms with E-state index in [4.69, 9.17) is 0 Å². The molecule has 0 bridgehead atoms. The Morgan fingerprint density at radius 1 is 1.19 bits per heavy atom. The molecule has 1 amide bonds. The molecule has 10 heteroatoms. The largest absolute Gasteiger partial charge is 0.324 e. The number of hydrogen-bond acceptors (Lipinski definition) is 7. The summed E-state index contributed by atoms with van der Waals surface area (Å²) >= 11 is 1.16. The van der Waals surface area contributed by atoms with Crippen LogP contribution in [0.5, 0.6) is 0 Å². The zero-order valence-corrected chi connectivity index (χ0v) is 17.8. The molecule has 0 radical (unpaired) electrons. The van der Waals surface area contributed by atoms with Crippen LogP contribution in [0.1, 0.15) is 20.3 Å². The summed E-state index contributed by atoms with van der Waals surface area (Å²) in [5.41, 5.74) is 2.50. The number of nitro benzene ring substituents is 1. The van der Waals surface area contributed by atoms with Crippen LogP contribution >= 0.6 is 11.8 Å². The van der Waals surface area contributed by atoms with Gasteiger partial charge >= 0.3 is 0 Å². The number of carbonyl (C=O) groups excluding carboxylic acids is 1. The first-order valence-corrected chi connectivity index (χ1v) is 10.7. The zero-order valence-electron chi connectivity index (χ0n) is 17.0. The summed E-state index contributed by atoms with van der Waals surface area (Å²) in [5, 5.41) is 23.1. The highest BCUT2D eigenvalue weighted by Crippen LogP contribution is 2.29. The first-order chi connectivity index (χ1) is 15.0. The highest BCUT2D eigenvalue weighted by Gasteiger charge is 2.22. The number of thioether (sulfide) groups is 1. The molecule has 31 heavy (non-hydrogen) atoms. The molecule has 1 N–H and O–H groups in total. The monoisotopic (exact) mass is 436 g/mol. The predicted molar refractivity (Wildman–Crippen MR) is 120 cm³/mol. The number of rotatable bonds is 7. The smallest absolute Gasteiger partial charge is 0.292 e. The lowest BCUT2D eigenvalue weighted by Gasteiger charge is -2.11. The first-order valence-electron chi connectivity index (χ1n) is 9.82. The first kappa shape index (κ1) is 20.7. The van der Waals surface area contributed by atoms with Crippen LogP contribution in [0.25, 0.3) is 22.1 Å². The molecule has 0 fully saturated rings. The van der Waals surface area contributed by atoms with E-state index in [1.54, 1.807) is 19.1 Å². The number of carbonyl (C=O) groups is 1. The van der Waals surface area contributed by atoms with Gasteiger partial charge in [-0.2, -0.15) is 0 Å². The molecule has 0 saturated heterocycles. The summed E-state index contributed by atoms with van der Waals surface area (Å²) in [5.74, 6) is -0.378. The number of amides is 1. The van der Waals surface area contributed by atoms with E-state index in [1.807, 2.05) is 24.3 Å². The number of anilines is 1. The van der Waals surface area contributed by atoms with Gasteiger partial charge in [0.1, 0.15) is 11.2 Å². The molecular weight excluding hydrogens is 416 g/mol. The molecule has 0 aliphatic heterocycles. The molecule has 4 rings (SSSR count). The summed E-state index contributed by atoms with van der Waals surface area (Å²) in [6.07, 6.45) is 0.939. The fraction of sp³-hybridized carbons (Fsp3) is 0.238. The summed E-state index contributed by atoms with van der Waals surface area (Å²) in [7, 11) is 0. The zero-order chi connectivity index (χ0) is 22.0. The van der Waals surface area contributed by atoms with Gasteiger partial charge in [-0.05, 0) is 25.5 Å². The molecule has 0 spiro atoms. The van der Waals surface area contributed by atoms with E-state index >= 15 is 0 Å². The minimum atomic E-state index is -0.580. The number of aryl methyl sites for hydroxylation is 1. The maximum atomic E-state index is 12.6. The van der Waals surface area contributed by atoms with Crippen molar-refractivity contribution in [3.8, 4) is 0 Å².